The average Bonchev–Trinajstić information content (AvgIpc) is 3.24. The van der Waals surface area contributed by atoms with Crippen LogP contribution < -0.4 is 9.62 Å². The lowest BCUT2D eigenvalue weighted by Gasteiger charge is -2.21. The van der Waals surface area contributed by atoms with E-state index in [1.807, 2.05) is 30.5 Å². The quantitative estimate of drug-likeness (QED) is 0.708. The molecule has 0 saturated carbocycles. The van der Waals surface area contributed by atoms with Crippen LogP contribution in [0.2, 0.25) is 0 Å². The molecule has 0 radical (unpaired) electrons. The summed E-state index contributed by atoms with van der Waals surface area (Å²) in [5.74, 6) is -0.241. The predicted octanol–water partition coefficient (Wildman–Crippen LogP) is 3.17. The Balaban J connectivity index is 1.57. The molecule has 144 valence electrons. The summed E-state index contributed by atoms with van der Waals surface area (Å²) in [4.78, 5) is 20.6. The maximum absolute atomic E-state index is 12.2. The normalized spacial score (nSPS) is 16.1. The number of aromatic nitrogens is 2. The van der Waals surface area contributed by atoms with Gasteiger partial charge in [0.1, 0.15) is 0 Å². The highest BCUT2D eigenvalue weighted by Crippen LogP contribution is 2.37. The Hall–Kier alpha value is -2.78. The largest absolute Gasteiger partial charge is 0.298 e. The second kappa shape index (κ2) is 6.99. The number of pyridine rings is 1. The van der Waals surface area contributed by atoms with Gasteiger partial charge in [-0.25, -0.2) is 13.4 Å². The number of hydrogen-bond acceptors (Lipinski definition) is 6. The highest BCUT2D eigenvalue weighted by Gasteiger charge is 2.32. The summed E-state index contributed by atoms with van der Waals surface area (Å²) in [5.41, 5.74) is 3.84. The molecule has 4 rings (SSSR count). The van der Waals surface area contributed by atoms with Crippen molar-refractivity contribution in [2.24, 2.45) is 0 Å². The third-order valence-electron chi connectivity index (χ3n) is 4.55. The molecule has 7 nitrogen and oxygen atoms in total. The van der Waals surface area contributed by atoms with Crippen LogP contribution >= 0.6 is 11.3 Å². The molecule has 0 bridgehead atoms. The van der Waals surface area contributed by atoms with E-state index in [4.69, 9.17) is 0 Å². The lowest BCUT2D eigenvalue weighted by atomic mass is 10.1. The van der Waals surface area contributed by atoms with E-state index in [0.717, 1.165) is 22.5 Å². The molecule has 3 aromatic rings. The molecule has 1 atom stereocenters. The number of nitrogens with zero attached hydrogens (tertiary/aromatic N) is 3. The van der Waals surface area contributed by atoms with E-state index in [2.05, 4.69) is 15.3 Å². The molecular weight excluding hydrogens is 396 g/mol. The molecule has 1 N–H and O–H groups in total. The van der Waals surface area contributed by atoms with Gasteiger partial charge in [0.2, 0.25) is 10.0 Å². The highest BCUT2D eigenvalue weighted by atomic mass is 32.2. The molecule has 0 aliphatic carbocycles. The average molecular weight is 415 g/mol. The maximum Gasteiger partial charge on any atom is 0.257 e. The Morgan fingerprint density at radius 1 is 1.25 bits per heavy atom. The number of carbonyl (C=O) groups excluding carboxylic acids is 1. The van der Waals surface area contributed by atoms with E-state index >= 15 is 0 Å². The zero-order valence-corrected chi connectivity index (χ0v) is 16.9. The number of thiazole rings is 1. The van der Waals surface area contributed by atoms with Crippen molar-refractivity contribution < 1.29 is 13.2 Å². The van der Waals surface area contributed by atoms with Crippen LogP contribution in [0.3, 0.4) is 0 Å². The monoisotopic (exact) mass is 414 g/mol. The van der Waals surface area contributed by atoms with Crippen LogP contribution in [0.5, 0.6) is 0 Å². The first kappa shape index (κ1) is 18.6. The van der Waals surface area contributed by atoms with Gasteiger partial charge in [0.25, 0.3) is 5.91 Å². The highest BCUT2D eigenvalue weighted by molar-refractivity contribution is 7.92. The zero-order valence-electron chi connectivity index (χ0n) is 15.3. The summed E-state index contributed by atoms with van der Waals surface area (Å²) >= 11 is 1.34. The van der Waals surface area contributed by atoms with Crippen LogP contribution in [0.25, 0.3) is 11.3 Å². The third-order valence-corrected chi connectivity index (χ3v) is 6.58. The van der Waals surface area contributed by atoms with Crippen molar-refractivity contribution in [3.63, 3.8) is 0 Å². The number of amides is 1. The first-order valence-electron chi connectivity index (χ1n) is 8.62. The topological polar surface area (TPSA) is 92.3 Å². The van der Waals surface area contributed by atoms with E-state index in [1.165, 1.54) is 21.9 Å². The number of hydrogen-bond donors (Lipinski definition) is 1. The molecule has 0 fully saturated rings. The lowest BCUT2D eigenvalue weighted by molar-refractivity contribution is 0.102. The first-order chi connectivity index (χ1) is 13.3. The Morgan fingerprint density at radius 3 is 2.71 bits per heavy atom. The molecule has 1 unspecified atom stereocenters. The van der Waals surface area contributed by atoms with Gasteiger partial charge in [0, 0.05) is 34.9 Å². The minimum absolute atomic E-state index is 0.106. The lowest BCUT2D eigenvalue weighted by Crippen LogP contribution is -2.34. The van der Waals surface area contributed by atoms with Crippen molar-refractivity contribution >= 4 is 38.1 Å². The van der Waals surface area contributed by atoms with Crippen LogP contribution in [0.15, 0.2) is 48.1 Å². The van der Waals surface area contributed by atoms with Gasteiger partial charge in [-0.05, 0) is 43.2 Å². The van der Waals surface area contributed by atoms with Gasteiger partial charge in [0.05, 0.1) is 17.6 Å². The van der Waals surface area contributed by atoms with Gasteiger partial charge in [-0.3, -0.25) is 19.4 Å². The summed E-state index contributed by atoms with van der Waals surface area (Å²) in [7, 11) is -3.31. The second-order valence-corrected chi connectivity index (χ2v) is 9.40. The number of carbonyl (C=O) groups is 1. The molecule has 2 aromatic heterocycles. The van der Waals surface area contributed by atoms with Crippen molar-refractivity contribution in [3.8, 4) is 11.3 Å². The summed E-state index contributed by atoms with van der Waals surface area (Å²) in [5, 5.41) is 5.16. The van der Waals surface area contributed by atoms with Crippen molar-refractivity contribution in [3.05, 3.63) is 59.2 Å². The predicted molar refractivity (Wildman–Crippen MR) is 110 cm³/mol. The Kier molecular flexibility index (Phi) is 4.64. The molecule has 0 spiro atoms. The molecule has 0 saturated heterocycles. The van der Waals surface area contributed by atoms with E-state index in [9.17, 15) is 13.2 Å². The molecular formula is C19H18N4O3S2. The number of benzene rings is 1. The van der Waals surface area contributed by atoms with Crippen LogP contribution in [0.4, 0.5) is 10.8 Å². The zero-order chi connectivity index (χ0) is 19.9. The fourth-order valence-electron chi connectivity index (χ4n) is 3.40. The molecule has 1 aliphatic heterocycles. The van der Waals surface area contributed by atoms with Gasteiger partial charge >= 0.3 is 0 Å². The number of nitrogens with one attached hydrogen (secondary N) is 1. The molecule has 1 aliphatic rings. The third kappa shape index (κ3) is 3.50. The van der Waals surface area contributed by atoms with E-state index in [0.29, 0.717) is 17.1 Å². The summed E-state index contributed by atoms with van der Waals surface area (Å²) in [6.45, 7) is 1.90. The Bertz CT molecular complexity index is 1140. The molecule has 3 heterocycles. The first-order valence-corrected chi connectivity index (χ1v) is 11.4. The van der Waals surface area contributed by atoms with Gasteiger partial charge in [-0.15, -0.1) is 11.3 Å². The number of anilines is 2. The standard InChI is InChI=1S/C19H18N4O3S2/c1-12-9-15-10-14(3-4-17(15)23(12)28(2,25)26)16-11-27-19(21-16)22-18(24)13-5-7-20-8-6-13/h3-8,10-12H,9H2,1-2H3,(H,21,22,24). The Labute approximate surface area is 167 Å². The maximum atomic E-state index is 12.2. The van der Waals surface area contributed by atoms with Gasteiger partial charge in [-0.1, -0.05) is 6.07 Å². The number of fused-ring (bicyclic) bond motifs is 1. The molecule has 1 aromatic carbocycles. The number of rotatable bonds is 4. The van der Waals surface area contributed by atoms with E-state index in [-0.39, 0.29) is 11.9 Å². The molecule has 9 heteroatoms. The van der Waals surface area contributed by atoms with E-state index in [1.54, 1.807) is 24.5 Å². The van der Waals surface area contributed by atoms with Crippen molar-refractivity contribution in [2.75, 3.05) is 15.9 Å². The van der Waals surface area contributed by atoms with Gasteiger partial charge in [-0.2, -0.15) is 0 Å². The van der Waals surface area contributed by atoms with Crippen molar-refractivity contribution in [2.45, 2.75) is 19.4 Å². The summed E-state index contributed by atoms with van der Waals surface area (Å²) < 4.78 is 25.6. The fraction of sp³-hybridized carbons (Fsp3) is 0.211. The second-order valence-electron chi connectivity index (χ2n) is 6.68. The van der Waals surface area contributed by atoms with Crippen molar-refractivity contribution in [1.29, 1.82) is 0 Å². The van der Waals surface area contributed by atoms with Crippen LogP contribution in [0.1, 0.15) is 22.8 Å². The van der Waals surface area contributed by atoms with Gasteiger partial charge < -0.3 is 0 Å². The number of sulfonamides is 1. The van der Waals surface area contributed by atoms with Crippen molar-refractivity contribution in [1.82, 2.24) is 9.97 Å². The Morgan fingerprint density at radius 2 is 2.00 bits per heavy atom. The summed E-state index contributed by atoms with van der Waals surface area (Å²) in [6.07, 6.45) is 5.01. The minimum atomic E-state index is -3.31. The van der Waals surface area contributed by atoms with Crippen LogP contribution in [-0.4, -0.2) is 36.6 Å². The minimum Gasteiger partial charge on any atom is -0.298 e. The van der Waals surface area contributed by atoms with Crippen LogP contribution in [0, 0.1) is 0 Å². The summed E-state index contributed by atoms with van der Waals surface area (Å²) in [6, 6.07) is 8.83. The SMILES string of the molecule is CC1Cc2cc(-c3csc(NC(=O)c4ccncc4)n3)ccc2N1S(C)(=O)=O. The fourth-order valence-corrected chi connectivity index (χ4v) is 5.38. The molecule has 1 amide bonds. The molecule has 28 heavy (non-hydrogen) atoms. The van der Waals surface area contributed by atoms with Gasteiger partial charge in [0.15, 0.2) is 5.13 Å². The van der Waals surface area contributed by atoms with Crippen LogP contribution in [-0.2, 0) is 16.4 Å². The van der Waals surface area contributed by atoms with E-state index < -0.39 is 10.0 Å². The smallest absolute Gasteiger partial charge is 0.257 e.